The third kappa shape index (κ3) is 4.38. The van der Waals surface area contributed by atoms with Crippen LogP contribution in [0.5, 0.6) is 0 Å². The lowest BCUT2D eigenvalue weighted by Crippen LogP contribution is -2.49. The molecule has 1 aromatic heterocycles. The molecule has 0 atom stereocenters. The van der Waals surface area contributed by atoms with Gasteiger partial charge in [0.2, 0.25) is 0 Å². The van der Waals surface area contributed by atoms with Crippen LogP contribution < -0.4 is 16.2 Å². The zero-order chi connectivity index (χ0) is 19.6. The van der Waals surface area contributed by atoms with Gasteiger partial charge >= 0.3 is 6.18 Å². The molecule has 1 amide bonds. The Morgan fingerprint density at radius 3 is 2.46 bits per heavy atom. The molecule has 26 heavy (non-hydrogen) atoms. The number of carbonyl (C=O) groups is 1. The van der Waals surface area contributed by atoms with Gasteiger partial charge in [0.05, 0.1) is 22.0 Å². The molecule has 0 bridgehead atoms. The second kappa shape index (κ2) is 7.42. The Morgan fingerprint density at radius 1 is 1.31 bits per heavy atom. The van der Waals surface area contributed by atoms with Crippen molar-refractivity contribution < 1.29 is 22.4 Å². The van der Waals surface area contributed by atoms with Crippen molar-refractivity contribution in [2.75, 3.05) is 5.01 Å². The molecule has 5 nitrogen and oxygen atoms in total. The van der Waals surface area contributed by atoms with Gasteiger partial charge in [-0.1, -0.05) is 11.6 Å². The quantitative estimate of drug-likeness (QED) is 0.453. The lowest BCUT2D eigenvalue weighted by Gasteiger charge is -2.24. The first-order chi connectivity index (χ1) is 12.0. The van der Waals surface area contributed by atoms with Crippen molar-refractivity contribution in [2.45, 2.75) is 13.1 Å². The SMILES string of the molecule is Cc1nc(C(F)(F)F)ccc1C(=O)NN(C(N)=S)c1ccc(F)c(Cl)c1. The summed E-state index contributed by atoms with van der Waals surface area (Å²) in [6.07, 6.45) is -4.63. The molecule has 0 aliphatic heterocycles. The van der Waals surface area contributed by atoms with Crippen molar-refractivity contribution >= 4 is 40.5 Å². The van der Waals surface area contributed by atoms with Crippen LogP contribution in [0.15, 0.2) is 30.3 Å². The number of rotatable bonds is 2. The van der Waals surface area contributed by atoms with Gasteiger partial charge in [0.15, 0.2) is 5.11 Å². The molecule has 0 radical (unpaired) electrons. The molecule has 11 heteroatoms. The van der Waals surface area contributed by atoms with Crippen LogP contribution in [-0.4, -0.2) is 16.0 Å². The molecule has 1 aromatic carbocycles. The molecule has 2 aromatic rings. The van der Waals surface area contributed by atoms with E-state index in [1.807, 2.05) is 0 Å². The van der Waals surface area contributed by atoms with Gasteiger partial charge in [-0.3, -0.25) is 10.2 Å². The van der Waals surface area contributed by atoms with Gasteiger partial charge in [-0.2, -0.15) is 13.2 Å². The highest BCUT2D eigenvalue weighted by molar-refractivity contribution is 7.80. The molecule has 0 saturated carbocycles. The second-order valence-electron chi connectivity index (χ2n) is 5.04. The summed E-state index contributed by atoms with van der Waals surface area (Å²) in [7, 11) is 0. The Bertz CT molecular complexity index is 875. The minimum absolute atomic E-state index is 0.118. The number of halogens is 5. The fourth-order valence-electron chi connectivity index (χ4n) is 1.99. The fourth-order valence-corrected chi connectivity index (χ4v) is 2.32. The van der Waals surface area contributed by atoms with Gasteiger partial charge in [0, 0.05) is 0 Å². The van der Waals surface area contributed by atoms with Gasteiger partial charge in [0.25, 0.3) is 5.91 Å². The van der Waals surface area contributed by atoms with Crippen LogP contribution in [0.4, 0.5) is 23.2 Å². The maximum Gasteiger partial charge on any atom is 0.433 e. The van der Waals surface area contributed by atoms with E-state index in [0.717, 1.165) is 17.1 Å². The first-order valence-electron chi connectivity index (χ1n) is 6.91. The van der Waals surface area contributed by atoms with E-state index in [0.29, 0.717) is 6.07 Å². The van der Waals surface area contributed by atoms with E-state index in [4.69, 9.17) is 29.6 Å². The number of aryl methyl sites for hydroxylation is 1. The summed E-state index contributed by atoms with van der Waals surface area (Å²) < 4.78 is 51.3. The highest BCUT2D eigenvalue weighted by atomic mass is 35.5. The third-order valence-electron chi connectivity index (χ3n) is 3.22. The Balaban J connectivity index is 2.31. The van der Waals surface area contributed by atoms with Gasteiger partial charge in [0.1, 0.15) is 11.5 Å². The largest absolute Gasteiger partial charge is 0.433 e. The molecule has 0 saturated heterocycles. The molecule has 2 rings (SSSR count). The van der Waals surface area contributed by atoms with Crippen LogP contribution in [0.2, 0.25) is 5.02 Å². The number of thiocarbonyl (C=S) groups is 1. The third-order valence-corrected chi connectivity index (χ3v) is 3.69. The van der Waals surface area contributed by atoms with Gasteiger partial charge in [-0.25, -0.2) is 14.4 Å². The number of amides is 1. The maximum absolute atomic E-state index is 13.3. The predicted molar refractivity (Wildman–Crippen MR) is 92.1 cm³/mol. The van der Waals surface area contributed by atoms with Crippen LogP contribution in [0, 0.1) is 12.7 Å². The second-order valence-corrected chi connectivity index (χ2v) is 5.87. The van der Waals surface area contributed by atoms with Crippen molar-refractivity contribution in [3.63, 3.8) is 0 Å². The smallest absolute Gasteiger partial charge is 0.374 e. The number of hydrogen-bond donors (Lipinski definition) is 2. The van der Waals surface area contributed by atoms with Crippen molar-refractivity contribution in [1.29, 1.82) is 0 Å². The van der Waals surface area contributed by atoms with E-state index in [2.05, 4.69) is 10.4 Å². The highest BCUT2D eigenvalue weighted by Crippen LogP contribution is 2.28. The Hall–Kier alpha value is -2.46. The number of hydrogen-bond acceptors (Lipinski definition) is 3. The highest BCUT2D eigenvalue weighted by Gasteiger charge is 2.33. The number of nitrogens with two attached hydrogens (primary N) is 1. The number of nitrogens with one attached hydrogen (secondary N) is 1. The summed E-state index contributed by atoms with van der Waals surface area (Å²) >= 11 is 10.5. The fraction of sp³-hybridized carbons (Fsp3) is 0.133. The monoisotopic (exact) mass is 406 g/mol. The summed E-state index contributed by atoms with van der Waals surface area (Å²) in [6, 6.07) is 5.14. The van der Waals surface area contributed by atoms with Crippen LogP contribution in [-0.2, 0) is 6.18 Å². The summed E-state index contributed by atoms with van der Waals surface area (Å²) in [5.41, 5.74) is 6.64. The van der Waals surface area contributed by atoms with Crippen LogP contribution in [0.1, 0.15) is 21.7 Å². The van der Waals surface area contributed by atoms with E-state index in [1.165, 1.54) is 19.1 Å². The molecule has 1 heterocycles. The molecular formula is C15H11ClF4N4OS. The molecule has 138 valence electrons. The van der Waals surface area contributed by atoms with Crippen molar-refractivity contribution in [1.82, 2.24) is 10.4 Å². The number of alkyl halides is 3. The molecule has 0 unspecified atom stereocenters. The molecule has 3 N–H and O–H groups in total. The van der Waals surface area contributed by atoms with Crippen molar-refractivity contribution in [3.05, 3.63) is 58.1 Å². The van der Waals surface area contributed by atoms with Crippen LogP contribution >= 0.6 is 23.8 Å². The average molecular weight is 407 g/mol. The number of nitrogens with zero attached hydrogens (tertiary/aromatic N) is 2. The summed E-state index contributed by atoms with van der Waals surface area (Å²) in [5, 5.41) is 0.420. The molecule has 0 aliphatic carbocycles. The van der Waals surface area contributed by atoms with Gasteiger partial charge < -0.3 is 5.73 Å². The first-order valence-corrected chi connectivity index (χ1v) is 7.69. The van der Waals surface area contributed by atoms with E-state index < -0.39 is 23.6 Å². The minimum Gasteiger partial charge on any atom is -0.374 e. The Morgan fingerprint density at radius 2 is 1.96 bits per heavy atom. The lowest BCUT2D eigenvalue weighted by atomic mass is 10.1. The van der Waals surface area contributed by atoms with Crippen LogP contribution in [0.3, 0.4) is 0 Å². The molecule has 0 aliphatic rings. The normalized spacial score (nSPS) is 11.2. The van der Waals surface area contributed by atoms with Gasteiger partial charge in [-0.15, -0.1) is 0 Å². The van der Waals surface area contributed by atoms with Crippen molar-refractivity contribution in [2.24, 2.45) is 5.73 Å². The van der Waals surface area contributed by atoms with Gasteiger partial charge in [-0.05, 0) is 49.5 Å². The van der Waals surface area contributed by atoms with E-state index in [-0.39, 0.29) is 27.1 Å². The topological polar surface area (TPSA) is 71.2 Å². The Kier molecular flexibility index (Phi) is 5.67. The van der Waals surface area contributed by atoms with E-state index in [1.54, 1.807) is 0 Å². The number of pyridine rings is 1. The first kappa shape index (κ1) is 19.9. The number of anilines is 1. The predicted octanol–water partition coefficient (Wildman–Crippen LogP) is 3.60. The summed E-state index contributed by atoms with van der Waals surface area (Å²) in [6.45, 7) is 1.25. The number of benzene rings is 1. The van der Waals surface area contributed by atoms with Crippen molar-refractivity contribution in [3.8, 4) is 0 Å². The number of carbonyl (C=O) groups excluding carboxylic acids is 1. The zero-order valence-electron chi connectivity index (χ0n) is 13.1. The molecule has 0 spiro atoms. The zero-order valence-corrected chi connectivity index (χ0v) is 14.6. The number of aromatic nitrogens is 1. The van der Waals surface area contributed by atoms with Crippen LogP contribution in [0.25, 0.3) is 0 Å². The molecular weight excluding hydrogens is 396 g/mol. The lowest BCUT2D eigenvalue weighted by molar-refractivity contribution is -0.141. The molecule has 0 fully saturated rings. The standard InChI is InChI=1S/C15H11ClF4N4OS/c1-7-9(3-5-12(22-7)15(18,19)20)13(25)23-24(14(21)26)8-2-4-11(17)10(16)6-8/h2-6H,1H3,(H2,21,26)(H,23,25). The number of hydrazine groups is 1. The van der Waals surface area contributed by atoms with E-state index in [9.17, 15) is 22.4 Å². The van der Waals surface area contributed by atoms with E-state index >= 15 is 0 Å². The maximum atomic E-state index is 13.3. The minimum atomic E-state index is -4.63. The average Bonchev–Trinajstić information content (AvgIpc) is 2.53. The summed E-state index contributed by atoms with van der Waals surface area (Å²) in [5.74, 6) is -1.50. The Labute approximate surface area is 155 Å². The summed E-state index contributed by atoms with van der Waals surface area (Å²) in [4.78, 5) is 15.7.